The molecule has 0 amide bonds. The smallest absolute Gasteiger partial charge is 0.386 e. The predicted molar refractivity (Wildman–Crippen MR) is 143 cm³/mol. The molecular weight excluding hydrogens is 669 g/mol. The zero-order valence-corrected chi connectivity index (χ0v) is 24.5. The molecule has 0 aromatic carbocycles. The lowest BCUT2D eigenvalue weighted by Crippen LogP contribution is -2.36. The summed E-state index contributed by atoms with van der Waals surface area (Å²) in [4.78, 5) is 54.7. The molecule has 9 N–H and O–H groups in total. The number of nitrogens with two attached hydrogens (primary N) is 2. The lowest BCUT2D eigenvalue weighted by molar-refractivity contribution is -0.168. The Hall–Kier alpha value is -3.51. The number of halogens is 1. The second kappa shape index (κ2) is 11.0. The summed E-state index contributed by atoms with van der Waals surface area (Å²) in [7, 11) is -10.0. The molecule has 4 aromatic rings. The van der Waals surface area contributed by atoms with Gasteiger partial charge in [0.1, 0.15) is 30.5 Å². The van der Waals surface area contributed by atoms with Gasteiger partial charge >= 0.3 is 21.5 Å². The number of anilines is 2. The van der Waals surface area contributed by atoms with Gasteiger partial charge in [0.05, 0.1) is 19.3 Å². The number of hydrogen-bond acceptors (Lipinski definition) is 18. The van der Waals surface area contributed by atoms with Gasteiger partial charge in [-0.3, -0.25) is 37.0 Å². The number of H-pyrrole nitrogens is 1. The van der Waals surface area contributed by atoms with Gasteiger partial charge in [-0.25, -0.2) is 14.5 Å². The molecule has 3 aliphatic heterocycles. The van der Waals surface area contributed by atoms with E-state index in [1.807, 2.05) is 0 Å². The molecule has 23 nitrogen and oxygen atoms in total. The van der Waals surface area contributed by atoms with Crippen LogP contribution in [-0.2, 0) is 36.9 Å². The zero-order chi connectivity index (χ0) is 32.7. The molecule has 26 heteroatoms. The average molecular weight is 692 g/mol. The summed E-state index contributed by atoms with van der Waals surface area (Å²) in [6, 6.07) is 0. The fourth-order valence-electron chi connectivity index (χ4n) is 5.28. The summed E-state index contributed by atoms with van der Waals surface area (Å²) in [6.07, 6.45) is -13.9. The van der Waals surface area contributed by atoms with E-state index < -0.39 is 89.3 Å². The van der Waals surface area contributed by atoms with Crippen molar-refractivity contribution >= 4 is 49.5 Å². The number of aromatic nitrogens is 8. The summed E-state index contributed by atoms with van der Waals surface area (Å²) >= 11 is 0. The highest BCUT2D eigenvalue weighted by atomic mass is 31.2. The second-order valence-corrected chi connectivity index (χ2v) is 13.4. The van der Waals surface area contributed by atoms with Crippen LogP contribution >= 0.6 is 15.4 Å². The lowest BCUT2D eigenvalue weighted by Gasteiger charge is -2.25. The van der Waals surface area contributed by atoms with Crippen LogP contribution in [-0.4, -0.2) is 109 Å². The van der Waals surface area contributed by atoms with Crippen molar-refractivity contribution in [2.24, 2.45) is 0 Å². The number of nitrogens with one attached hydrogen (secondary N) is 1. The van der Waals surface area contributed by atoms with Gasteiger partial charge in [0.15, 0.2) is 53.2 Å². The Balaban J connectivity index is 1.21. The molecule has 3 saturated heterocycles. The van der Waals surface area contributed by atoms with E-state index in [-0.39, 0.29) is 34.1 Å². The maximum atomic E-state index is 14.0. The van der Waals surface area contributed by atoms with Crippen LogP contribution in [0.1, 0.15) is 12.5 Å². The van der Waals surface area contributed by atoms with E-state index in [9.17, 15) is 38.3 Å². The fourth-order valence-corrected chi connectivity index (χ4v) is 7.24. The molecule has 10 atom stereocenters. The Labute approximate surface area is 253 Å². The monoisotopic (exact) mass is 692 g/mol. The molecule has 0 aliphatic carbocycles. The first-order chi connectivity index (χ1) is 21.7. The van der Waals surface area contributed by atoms with E-state index in [1.54, 1.807) is 0 Å². The number of rotatable bonds is 2. The SMILES string of the molecule is Nc1nc2c(ncn2[C@@H]2O[C@@H]3OCP(=O)(O)OC4[C@@H](O)[C@H](n5cnc6c(N)nc(F)nc65)O[C@@H]4COP(=O)(O)O[C@H]2C3O)c(=O)[nH]1. The number of nitrogen functional groups attached to an aromatic ring is 2. The van der Waals surface area contributed by atoms with Gasteiger partial charge in [0.2, 0.25) is 5.95 Å². The summed E-state index contributed by atoms with van der Waals surface area (Å²) < 4.78 is 74.8. The van der Waals surface area contributed by atoms with E-state index in [0.29, 0.717) is 0 Å². The number of aromatic amines is 1. The summed E-state index contributed by atoms with van der Waals surface area (Å²) in [5.41, 5.74) is 9.97. The Morgan fingerprint density at radius 3 is 2.39 bits per heavy atom. The zero-order valence-electron chi connectivity index (χ0n) is 22.7. The maximum Gasteiger partial charge on any atom is 0.472 e. The number of ether oxygens (including phenoxy) is 3. The van der Waals surface area contributed by atoms with Gasteiger partial charge in [0, 0.05) is 0 Å². The predicted octanol–water partition coefficient (Wildman–Crippen LogP) is -2.20. The van der Waals surface area contributed by atoms with E-state index >= 15 is 0 Å². The number of aliphatic hydroxyl groups is 2. The molecule has 46 heavy (non-hydrogen) atoms. The van der Waals surface area contributed by atoms with E-state index in [1.165, 1.54) is 0 Å². The van der Waals surface area contributed by atoms with Crippen LogP contribution < -0.4 is 17.0 Å². The van der Waals surface area contributed by atoms with Gasteiger partial charge in [-0.2, -0.15) is 19.3 Å². The Kier molecular flexibility index (Phi) is 7.47. The number of fused-ring (bicyclic) bond motifs is 5. The van der Waals surface area contributed by atoms with Crippen molar-refractivity contribution in [3.63, 3.8) is 0 Å². The van der Waals surface area contributed by atoms with Crippen LogP contribution in [0.25, 0.3) is 22.3 Å². The van der Waals surface area contributed by atoms with Crippen LogP contribution in [0.2, 0.25) is 0 Å². The number of phosphoric ester groups is 1. The van der Waals surface area contributed by atoms with Crippen molar-refractivity contribution in [3.05, 3.63) is 29.1 Å². The second-order valence-electron chi connectivity index (χ2n) is 10.3. The van der Waals surface area contributed by atoms with Crippen molar-refractivity contribution in [1.82, 2.24) is 39.0 Å². The molecule has 0 saturated carbocycles. The van der Waals surface area contributed by atoms with Gasteiger partial charge in [-0.05, 0) is 0 Å². The third kappa shape index (κ3) is 5.36. The molecule has 3 aliphatic rings. The van der Waals surface area contributed by atoms with Crippen LogP contribution in [0.5, 0.6) is 0 Å². The first-order valence-corrected chi connectivity index (χ1v) is 16.3. The Morgan fingerprint density at radius 1 is 0.935 bits per heavy atom. The van der Waals surface area contributed by atoms with Gasteiger partial charge < -0.3 is 45.7 Å². The fraction of sp³-hybridized carbons (Fsp3) is 0.500. The van der Waals surface area contributed by atoms with Crippen molar-refractivity contribution in [1.29, 1.82) is 0 Å². The third-order valence-electron chi connectivity index (χ3n) is 7.24. The normalized spacial score (nSPS) is 37.2. The van der Waals surface area contributed by atoms with Crippen molar-refractivity contribution in [3.8, 4) is 0 Å². The molecule has 7 heterocycles. The van der Waals surface area contributed by atoms with Crippen molar-refractivity contribution < 1.29 is 61.3 Å². The summed E-state index contributed by atoms with van der Waals surface area (Å²) in [5, 5.41) is 22.1. The highest BCUT2D eigenvalue weighted by molar-refractivity contribution is 7.52. The quantitative estimate of drug-likeness (QED) is 0.0865. The minimum Gasteiger partial charge on any atom is -0.386 e. The number of aliphatic hydroxyl groups excluding tert-OH is 2. The lowest BCUT2D eigenvalue weighted by atomic mass is 10.1. The number of phosphoric acid groups is 1. The van der Waals surface area contributed by atoms with E-state index in [4.69, 9.17) is 39.2 Å². The van der Waals surface area contributed by atoms with Crippen molar-refractivity contribution in [2.45, 2.75) is 49.3 Å². The highest BCUT2D eigenvalue weighted by Crippen LogP contribution is 2.53. The van der Waals surface area contributed by atoms with E-state index in [0.717, 1.165) is 21.8 Å². The molecule has 0 spiro atoms. The largest absolute Gasteiger partial charge is 0.472 e. The summed E-state index contributed by atoms with van der Waals surface area (Å²) in [5.74, 6) is -0.630. The summed E-state index contributed by atoms with van der Waals surface area (Å²) in [6.45, 7) is -0.899. The molecule has 3 fully saturated rings. The van der Waals surface area contributed by atoms with Gasteiger partial charge in [-0.15, -0.1) is 0 Å². The maximum absolute atomic E-state index is 14.0. The van der Waals surface area contributed by atoms with E-state index in [2.05, 4.69) is 29.9 Å². The number of hydrogen-bond donors (Lipinski definition) is 7. The number of nitrogens with zero attached hydrogens (tertiary/aromatic N) is 7. The standard InChI is InChI=1S/C20H23FN10O13P2/c21-19-26-12(22)6-13(27-19)30(2-24-6)16-8(32)10-5(41-16)1-40-46(37,38)44-11-9(33)18(39-4-45(35,36)43-10)42-17(11)31-3-25-7-14(31)28-20(23)29-15(7)34/h2-3,5,8-11,16-18,32-33H,1,4H2,(H,35,36)(H,37,38)(H2,22,26,27)(H3,23,28,29,34)/t5-,8-,9?,10?,11+,16-,17-,18+/m1/s1. The first kappa shape index (κ1) is 31.1. The highest BCUT2D eigenvalue weighted by Gasteiger charge is 2.54. The topological polar surface area (TPSA) is 330 Å². The third-order valence-corrected chi connectivity index (χ3v) is 9.28. The van der Waals surface area contributed by atoms with Crippen LogP contribution in [0.15, 0.2) is 17.4 Å². The molecule has 4 aromatic heterocycles. The first-order valence-electron chi connectivity index (χ1n) is 13.0. The molecular formula is C20H23FN10O13P2. The molecule has 0 radical (unpaired) electrons. The molecule has 7 rings (SSSR count). The van der Waals surface area contributed by atoms with Crippen LogP contribution in [0.3, 0.4) is 0 Å². The minimum absolute atomic E-state index is 0.0530. The van der Waals surface area contributed by atoms with Gasteiger partial charge in [0.25, 0.3) is 5.56 Å². The molecule has 4 unspecified atom stereocenters. The Morgan fingerprint density at radius 2 is 1.63 bits per heavy atom. The minimum atomic E-state index is -5.18. The average Bonchev–Trinajstić information content (AvgIpc) is 3.72. The molecule has 2 bridgehead atoms. The Bertz CT molecular complexity index is 1990. The molecule has 248 valence electrons. The van der Waals surface area contributed by atoms with Gasteiger partial charge in [-0.1, -0.05) is 0 Å². The number of imidazole rings is 2. The van der Waals surface area contributed by atoms with Crippen LogP contribution in [0, 0.1) is 6.08 Å². The van der Waals surface area contributed by atoms with Crippen molar-refractivity contribution in [2.75, 3.05) is 24.4 Å². The van der Waals surface area contributed by atoms with Crippen LogP contribution in [0.4, 0.5) is 16.2 Å².